The number of aryl methyl sites for hydroxylation is 1. The molecule has 2 aromatic carbocycles. The van der Waals surface area contributed by atoms with E-state index in [2.05, 4.69) is 0 Å². The number of Topliss-reactive ketones (excluding diaryl/α,β-unsaturated/α-hetero) is 1. The van der Waals surface area contributed by atoms with E-state index in [-0.39, 0.29) is 11.3 Å². The minimum Gasteiger partial charge on any atom is -0.507 e. The van der Waals surface area contributed by atoms with Crippen molar-refractivity contribution in [2.45, 2.75) is 19.4 Å². The van der Waals surface area contributed by atoms with E-state index in [9.17, 15) is 14.7 Å². The molecule has 0 aliphatic carbocycles. The number of amides is 1. The summed E-state index contributed by atoms with van der Waals surface area (Å²) in [5.41, 5.74) is 2.62. The zero-order valence-corrected chi connectivity index (χ0v) is 17.0. The zero-order valence-electron chi connectivity index (χ0n) is 16.2. The summed E-state index contributed by atoms with van der Waals surface area (Å²) in [7, 11) is 0. The predicted molar refractivity (Wildman–Crippen MR) is 116 cm³/mol. The Labute approximate surface area is 178 Å². The van der Waals surface area contributed by atoms with Crippen LogP contribution in [0.3, 0.4) is 0 Å². The van der Waals surface area contributed by atoms with Crippen LogP contribution >= 0.6 is 11.3 Å². The first kappa shape index (κ1) is 19.6. The van der Waals surface area contributed by atoms with Gasteiger partial charge in [0.25, 0.3) is 11.7 Å². The van der Waals surface area contributed by atoms with Gasteiger partial charge in [0.1, 0.15) is 11.8 Å². The standard InChI is InChI=1S/C24H18N2O3S/c1-2-15-5-9-17(10-6-15)22(27)20-21(19-4-3-13-30-19)26(24(29)23(20)28)18-11-7-16(14-25)8-12-18/h3-13,21,27H,2H2,1H3/b22-20-. The van der Waals surface area contributed by atoms with E-state index >= 15 is 0 Å². The number of carbonyl (C=O) groups excluding carboxylic acids is 2. The van der Waals surface area contributed by atoms with Gasteiger partial charge in [-0.15, -0.1) is 11.3 Å². The molecule has 1 amide bonds. The number of carbonyl (C=O) groups is 2. The Balaban J connectivity index is 1.87. The molecule has 1 unspecified atom stereocenters. The maximum absolute atomic E-state index is 13.0. The third-order valence-corrected chi connectivity index (χ3v) is 6.09. The van der Waals surface area contributed by atoms with Gasteiger partial charge in [0.2, 0.25) is 0 Å². The molecule has 2 heterocycles. The van der Waals surface area contributed by atoms with Crippen LogP contribution in [0.15, 0.2) is 71.6 Å². The molecule has 6 heteroatoms. The van der Waals surface area contributed by atoms with E-state index in [1.54, 1.807) is 36.4 Å². The van der Waals surface area contributed by atoms with E-state index in [0.29, 0.717) is 16.8 Å². The number of thiophene rings is 1. The molecule has 1 aromatic heterocycles. The normalized spacial score (nSPS) is 17.9. The zero-order chi connectivity index (χ0) is 21.3. The molecule has 1 N–H and O–H groups in total. The van der Waals surface area contributed by atoms with Crippen LogP contribution < -0.4 is 4.90 Å². The first-order valence-electron chi connectivity index (χ1n) is 9.49. The second kappa shape index (κ2) is 7.97. The summed E-state index contributed by atoms with van der Waals surface area (Å²) < 4.78 is 0. The summed E-state index contributed by atoms with van der Waals surface area (Å²) in [5, 5.41) is 21.9. The topological polar surface area (TPSA) is 81.4 Å². The fourth-order valence-electron chi connectivity index (χ4n) is 3.57. The summed E-state index contributed by atoms with van der Waals surface area (Å²) in [4.78, 5) is 28.1. The van der Waals surface area contributed by atoms with Gasteiger partial charge in [-0.25, -0.2) is 0 Å². The lowest BCUT2D eigenvalue weighted by Crippen LogP contribution is -2.29. The average molecular weight is 414 g/mol. The highest BCUT2D eigenvalue weighted by molar-refractivity contribution is 7.10. The first-order valence-corrected chi connectivity index (χ1v) is 10.4. The largest absolute Gasteiger partial charge is 0.507 e. The fraction of sp³-hybridized carbons (Fsp3) is 0.125. The second-order valence-electron chi connectivity index (χ2n) is 6.89. The minimum atomic E-state index is -0.733. The number of nitrogens with zero attached hydrogens (tertiary/aromatic N) is 2. The number of anilines is 1. The van der Waals surface area contributed by atoms with E-state index in [4.69, 9.17) is 5.26 Å². The maximum atomic E-state index is 13.0. The van der Waals surface area contributed by atoms with Crippen LogP contribution in [0.2, 0.25) is 0 Å². The number of ketones is 1. The van der Waals surface area contributed by atoms with Crippen LogP contribution in [0.1, 0.15) is 34.5 Å². The van der Waals surface area contributed by atoms with Crippen molar-refractivity contribution in [3.05, 3.63) is 93.2 Å². The van der Waals surface area contributed by atoms with Crippen LogP contribution in [-0.2, 0) is 16.0 Å². The van der Waals surface area contributed by atoms with Crippen LogP contribution in [0.5, 0.6) is 0 Å². The van der Waals surface area contributed by atoms with Crippen molar-refractivity contribution >= 4 is 34.5 Å². The van der Waals surface area contributed by atoms with Gasteiger partial charge >= 0.3 is 0 Å². The van der Waals surface area contributed by atoms with E-state index in [1.807, 2.05) is 42.6 Å². The van der Waals surface area contributed by atoms with Gasteiger partial charge in [0.05, 0.1) is 17.2 Å². The third kappa shape index (κ3) is 3.30. The highest BCUT2D eigenvalue weighted by Crippen LogP contribution is 2.43. The molecule has 4 rings (SSSR count). The lowest BCUT2D eigenvalue weighted by Gasteiger charge is -2.24. The van der Waals surface area contributed by atoms with Gasteiger partial charge in [0.15, 0.2) is 0 Å². The highest BCUT2D eigenvalue weighted by atomic mass is 32.1. The van der Waals surface area contributed by atoms with Crippen molar-refractivity contribution in [3.8, 4) is 6.07 Å². The van der Waals surface area contributed by atoms with Gasteiger partial charge in [-0.2, -0.15) is 5.26 Å². The molecule has 5 nitrogen and oxygen atoms in total. The molecule has 30 heavy (non-hydrogen) atoms. The second-order valence-corrected chi connectivity index (χ2v) is 7.87. The molecule has 3 aromatic rings. The number of hydrogen-bond donors (Lipinski definition) is 1. The Hall–Kier alpha value is -3.69. The Morgan fingerprint density at radius 1 is 1.10 bits per heavy atom. The highest BCUT2D eigenvalue weighted by Gasteiger charge is 2.47. The molecule has 0 saturated carbocycles. The summed E-state index contributed by atoms with van der Waals surface area (Å²) >= 11 is 1.41. The molecule has 1 aliphatic rings. The van der Waals surface area contributed by atoms with Gasteiger partial charge in [-0.3, -0.25) is 14.5 Å². The molecule has 1 atom stereocenters. The molecule has 0 spiro atoms. The quantitative estimate of drug-likeness (QED) is 0.377. The molecule has 148 valence electrons. The molecule has 1 fully saturated rings. The number of hydrogen-bond acceptors (Lipinski definition) is 5. The third-order valence-electron chi connectivity index (χ3n) is 5.17. The molecule has 0 bridgehead atoms. The average Bonchev–Trinajstić information content (AvgIpc) is 3.40. The van der Waals surface area contributed by atoms with Crippen molar-refractivity contribution in [3.63, 3.8) is 0 Å². The molecule has 1 aliphatic heterocycles. The van der Waals surface area contributed by atoms with Crippen LogP contribution in [0.4, 0.5) is 5.69 Å². The maximum Gasteiger partial charge on any atom is 0.300 e. The number of nitriles is 1. The van der Waals surface area contributed by atoms with Gasteiger partial charge in [0, 0.05) is 16.1 Å². The number of aliphatic hydroxyl groups is 1. The Kier molecular flexibility index (Phi) is 5.21. The first-order chi connectivity index (χ1) is 14.5. The Morgan fingerprint density at radius 3 is 2.37 bits per heavy atom. The van der Waals surface area contributed by atoms with Crippen LogP contribution in [0.25, 0.3) is 5.76 Å². The van der Waals surface area contributed by atoms with E-state index in [1.165, 1.54) is 16.2 Å². The number of aliphatic hydroxyl groups excluding tert-OH is 1. The van der Waals surface area contributed by atoms with Crippen molar-refractivity contribution in [1.29, 1.82) is 5.26 Å². The van der Waals surface area contributed by atoms with Gasteiger partial charge in [-0.05, 0) is 47.7 Å². The lowest BCUT2D eigenvalue weighted by atomic mass is 9.99. The smallest absolute Gasteiger partial charge is 0.300 e. The number of benzene rings is 2. The SMILES string of the molecule is CCc1ccc(/C(O)=C2/C(=O)C(=O)N(c3ccc(C#N)cc3)C2c2cccs2)cc1. The van der Waals surface area contributed by atoms with Gasteiger partial charge in [-0.1, -0.05) is 37.3 Å². The fourth-order valence-corrected chi connectivity index (χ4v) is 4.39. The number of rotatable bonds is 4. The molecular weight excluding hydrogens is 396 g/mol. The van der Waals surface area contributed by atoms with E-state index in [0.717, 1.165) is 16.9 Å². The monoisotopic (exact) mass is 414 g/mol. The van der Waals surface area contributed by atoms with Crippen LogP contribution in [0, 0.1) is 11.3 Å². The minimum absolute atomic E-state index is 0.0658. The molecular formula is C24H18N2O3S. The van der Waals surface area contributed by atoms with Crippen molar-refractivity contribution in [2.24, 2.45) is 0 Å². The van der Waals surface area contributed by atoms with E-state index < -0.39 is 17.7 Å². The summed E-state index contributed by atoms with van der Waals surface area (Å²) in [5.74, 6) is -1.62. The van der Waals surface area contributed by atoms with Gasteiger partial charge < -0.3 is 5.11 Å². The Morgan fingerprint density at radius 2 is 1.80 bits per heavy atom. The lowest BCUT2D eigenvalue weighted by molar-refractivity contribution is -0.132. The van der Waals surface area contributed by atoms with Crippen molar-refractivity contribution in [2.75, 3.05) is 4.90 Å². The molecule has 0 radical (unpaired) electrons. The Bertz CT molecular complexity index is 1170. The summed E-state index contributed by atoms with van der Waals surface area (Å²) in [6.45, 7) is 2.04. The van der Waals surface area contributed by atoms with Crippen molar-refractivity contribution in [1.82, 2.24) is 0 Å². The van der Waals surface area contributed by atoms with Crippen LogP contribution in [-0.4, -0.2) is 16.8 Å². The predicted octanol–water partition coefficient (Wildman–Crippen LogP) is 4.81. The summed E-state index contributed by atoms with van der Waals surface area (Å²) in [6, 6.07) is 18.8. The molecule has 1 saturated heterocycles. The summed E-state index contributed by atoms with van der Waals surface area (Å²) in [6.07, 6.45) is 0.860. The van der Waals surface area contributed by atoms with Crippen molar-refractivity contribution < 1.29 is 14.7 Å².